The quantitative estimate of drug-likeness (QED) is 0.852. The van der Waals surface area contributed by atoms with Crippen LogP contribution in [0.4, 0.5) is 0 Å². The van der Waals surface area contributed by atoms with Gasteiger partial charge in [0.2, 0.25) is 5.88 Å². The van der Waals surface area contributed by atoms with E-state index in [-0.39, 0.29) is 17.0 Å². The number of pyridine rings is 1. The molecule has 1 aromatic heterocycles. The molecule has 0 saturated heterocycles. The topological polar surface area (TPSA) is 93.5 Å². The molecule has 7 nitrogen and oxygen atoms in total. The molecule has 7 heteroatoms. The van der Waals surface area contributed by atoms with Gasteiger partial charge in [0.05, 0.1) is 18.6 Å². The number of nitrogens with zero attached hydrogens (tertiary/aromatic N) is 3. The molecule has 146 valence electrons. The zero-order valence-electron chi connectivity index (χ0n) is 16.5. The van der Waals surface area contributed by atoms with Crippen LogP contribution in [-0.2, 0) is 6.54 Å². The number of rotatable bonds is 5. The van der Waals surface area contributed by atoms with Gasteiger partial charge in [-0.3, -0.25) is 4.79 Å². The van der Waals surface area contributed by atoms with E-state index in [0.29, 0.717) is 30.2 Å². The fourth-order valence-corrected chi connectivity index (χ4v) is 3.42. The van der Waals surface area contributed by atoms with Crippen molar-refractivity contribution in [3.05, 3.63) is 69.0 Å². The Morgan fingerprint density at radius 1 is 1.36 bits per heavy atom. The molecule has 1 aliphatic heterocycles. The molecule has 0 spiro atoms. The van der Waals surface area contributed by atoms with Crippen molar-refractivity contribution in [2.45, 2.75) is 19.4 Å². The van der Waals surface area contributed by atoms with Crippen LogP contribution in [0, 0.1) is 18.3 Å². The number of likely N-dealkylation sites (N-methyl/N-ethyl adjacent to an activating group) is 1. The molecule has 0 unspecified atom stereocenters. The average Bonchev–Trinajstić information content (AvgIpc) is 2.66. The van der Waals surface area contributed by atoms with Crippen molar-refractivity contribution >= 4 is 0 Å². The second-order valence-corrected chi connectivity index (χ2v) is 7.03. The Hall–Kier alpha value is -3.24. The molecule has 0 saturated carbocycles. The third kappa shape index (κ3) is 3.47. The highest BCUT2D eigenvalue weighted by Crippen LogP contribution is 2.41. The number of benzene rings is 1. The van der Waals surface area contributed by atoms with Crippen molar-refractivity contribution in [2.24, 2.45) is 5.73 Å². The molecule has 0 radical (unpaired) electrons. The van der Waals surface area contributed by atoms with Gasteiger partial charge in [-0.2, -0.15) is 5.26 Å². The molecule has 0 amide bonds. The first-order valence-corrected chi connectivity index (χ1v) is 8.98. The number of allylic oxidation sites excluding steroid dienone is 1. The lowest BCUT2D eigenvalue weighted by atomic mass is 9.84. The molecule has 2 N–H and O–H groups in total. The number of hydrogen-bond acceptors (Lipinski definition) is 6. The lowest BCUT2D eigenvalue weighted by Gasteiger charge is -2.27. The van der Waals surface area contributed by atoms with Crippen molar-refractivity contribution < 1.29 is 9.47 Å². The van der Waals surface area contributed by atoms with E-state index in [1.54, 1.807) is 17.7 Å². The third-order valence-electron chi connectivity index (χ3n) is 4.89. The number of ether oxygens (including phenoxy) is 2. The summed E-state index contributed by atoms with van der Waals surface area (Å²) in [4.78, 5) is 15.4. The van der Waals surface area contributed by atoms with E-state index < -0.39 is 5.92 Å². The summed E-state index contributed by atoms with van der Waals surface area (Å²) in [6.45, 7) is 3.12. The monoisotopic (exact) mass is 380 g/mol. The molecule has 2 heterocycles. The summed E-state index contributed by atoms with van der Waals surface area (Å²) in [7, 11) is 5.49. The first kappa shape index (κ1) is 19.5. The van der Waals surface area contributed by atoms with Gasteiger partial charge >= 0.3 is 0 Å². The highest BCUT2D eigenvalue weighted by Gasteiger charge is 2.34. The Morgan fingerprint density at radius 2 is 2.11 bits per heavy atom. The number of fused-ring (bicyclic) bond motifs is 1. The molecule has 2 aromatic rings. The fourth-order valence-electron chi connectivity index (χ4n) is 3.42. The van der Waals surface area contributed by atoms with Gasteiger partial charge in [0.25, 0.3) is 5.56 Å². The summed E-state index contributed by atoms with van der Waals surface area (Å²) < 4.78 is 12.7. The maximum atomic E-state index is 13.4. The average molecular weight is 380 g/mol. The van der Waals surface area contributed by atoms with Crippen molar-refractivity contribution in [3.63, 3.8) is 0 Å². The molecule has 0 fully saturated rings. The van der Waals surface area contributed by atoms with Crippen LogP contribution >= 0.6 is 0 Å². The van der Waals surface area contributed by atoms with Crippen molar-refractivity contribution in [1.82, 2.24) is 9.47 Å². The lowest BCUT2D eigenvalue weighted by Crippen LogP contribution is -2.34. The minimum absolute atomic E-state index is 0.0210. The Morgan fingerprint density at radius 3 is 2.75 bits per heavy atom. The van der Waals surface area contributed by atoms with Crippen LogP contribution in [0.5, 0.6) is 11.5 Å². The third-order valence-corrected chi connectivity index (χ3v) is 4.89. The fraction of sp³-hybridized carbons (Fsp3) is 0.333. The standard InChI is InChI=1S/C21H24N4O3/c1-13-10-17-19(21(26)25(13)9-8-24(2)3)18(16(12-22)20(23)28-17)14-6-5-7-15(11-14)27-4/h5-7,10-11,18H,8-9,23H2,1-4H3/t18-/m0/s1. The molecule has 0 bridgehead atoms. The predicted molar refractivity (Wildman–Crippen MR) is 106 cm³/mol. The molecular formula is C21H24N4O3. The zero-order valence-corrected chi connectivity index (χ0v) is 16.5. The van der Waals surface area contributed by atoms with Crippen LogP contribution in [0.1, 0.15) is 22.7 Å². The second-order valence-electron chi connectivity index (χ2n) is 7.03. The maximum absolute atomic E-state index is 13.4. The first-order valence-electron chi connectivity index (χ1n) is 8.98. The van der Waals surface area contributed by atoms with E-state index in [1.165, 1.54) is 0 Å². The van der Waals surface area contributed by atoms with Crippen LogP contribution in [0.15, 0.2) is 46.6 Å². The molecule has 0 aliphatic carbocycles. The van der Waals surface area contributed by atoms with E-state index >= 15 is 0 Å². The summed E-state index contributed by atoms with van der Waals surface area (Å²) in [5.74, 6) is 0.449. The molecule has 1 aromatic carbocycles. The Balaban J connectivity index is 2.24. The van der Waals surface area contributed by atoms with Gasteiger partial charge in [0.1, 0.15) is 23.1 Å². The second kappa shape index (κ2) is 7.79. The Labute approximate surface area is 164 Å². The molecule has 1 aliphatic rings. The lowest BCUT2D eigenvalue weighted by molar-refractivity contribution is 0.369. The highest BCUT2D eigenvalue weighted by molar-refractivity contribution is 5.56. The van der Waals surface area contributed by atoms with Crippen molar-refractivity contribution in [2.75, 3.05) is 27.7 Å². The minimum atomic E-state index is -0.609. The van der Waals surface area contributed by atoms with E-state index in [1.807, 2.05) is 50.2 Å². The normalized spacial score (nSPS) is 15.8. The summed E-state index contributed by atoms with van der Waals surface area (Å²) in [6, 6.07) is 11.2. The summed E-state index contributed by atoms with van der Waals surface area (Å²) in [6.07, 6.45) is 0. The van der Waals surface area contributed by atoms with Gasteiger partial charge < -0.3 is 24.7 Å². The number of aromatic nitrogens is 1. The van der Waals surface area contributed by atoms with Crippen molar-refractivity contribution in [1.29, 1.82) is 5.26 Å². The summed E-state index contributed by atoms with van der Waals surface area (Å²) in [5, 5.41) is 9.72. The van der Waals surface area contributed by atoms with Crippen molar-refractivity contribution in [3.8, 4) is 17.6 Å². The number of nitrogens with two attached hydrogens (primary N) is 1. The SMILES string of the molecule is COc1cccc([C@H]2C(C#N)=C(N)Oc3cc(C)n(CCN(C)C)c(=O)c32)c1. The Bertz CT molecular complexity index is 1030. The highest BCUT2D eigenvalue weighted by atomic mass is 16.5. The largest absolute Gasteiger partial charge is 0.497 e. The van der Waals surface area contributed by atoms with Crippen LogP contribution in [-0.4, -0.2) is 37.2 Å². The molecule has 1 atom stereocenters. The molecule has 3 rings (SSSR count). The number of aryl methyl sites for hydroxylation is 1. The minimum Gasteiger partial charge on any atom is -0.497 e. The van der Waals surface area contributed by atoms with Crippen LogP contribution in [0.2, 0.25) is 0 Å². The van der Waals surface area contributed by atoms with Crippen LogP contribution in [0.25, 0.3) is 0 Å². The molecule has 28 heavy (non-hydrogen) atoms. The number of nitriles is 1. The van der Waals surface area contributed by atoms with Gasteiger partial charge in [0, 0.05) is 24.8 Å². The predicted octanol–water partition coefficient (Wildman–Crippen LogP) is 1.95. The molecular weight excluding hydrogens is 356 g/mol. The van der Waals surface area contributed by atoms with Gasteiger partial charge in [-0.1, -0.05) is 12.1 Å². The van der Waals surface area contributed by atoms with E-state index in [2.05, 4.69) is 6.07 Å². The van der Waals surface area contributed by atoms with E-state index in [4.69, 9.17) is 15.2 Å². The smallest absolute Gasteiger partial charge is 0.258 e. The van der Waals surface area contributed by atoms with E-state index in [9.17, 15) is 10.1 Å². The van der Waals surface area contributed by atoms with E-state index in [0.717, 1.165) is 11.3 Å². The van der Waals surface area contributed by atoms with Crippen LogP contribution < -0.4 is 20.8 Å². The number of hydrogen-bond donors (Lipinski definition) is 1. The first-order chi connectivity index (χ1) is 13.4. The summed E-state index contributed by atoms with van der Waals surface area (Å²) in [5.41, 5.74) is 8.03. The van der Waals surface area contributed by atoms with Gasteiger partial charge in [0.15, 0.2) is 0 Å². The van der Waals surface area contributed by atoms with Gasteiger partial charge in [-0.05, 0) is 38.7 Å². The van der Waals surface area contributed by atoms with Crippen LogP contribution in [0.3, 0.4) is 0 Å². The zero-order chi connectivity index (χ0) is 20.4. The van der Waals surface area contributed by atoms with Gasteiger partial charge in [-0.15, -0.1) is 0 Å². The number of methoxy groups -OCH3 is 1. The van der Waals surface area contributed by atoms with Gasteiger partial charge in [-0.25, -0.2) is 0 Å². The summed E-state index contributed by atoms with van der Waals surface area (Å²) >= 11 is 0. The maximum Gasteiger partial charge on any atom is 0.258 e. The Kier molecular flexibility index (Phi) is 5.43.